The first-order chi connectivity index (χ1) is 8.88. The number of alkyl halides is 3. The zero-order chi connectivity index (χ0) is 14.0. The topological polar surface area (TPSA) is 58.3 Å². The van der Waals surface area contributed by atoms with Crippen molar-refractivity contribution in [1.82, 2.24) is 9.78 Å². The highest BCUT2D eigenvalue weighted by Gasteiger charge is 2.33. The minimum Gasteiger partial charge on any atom is -0.423 e. The number of hydrogen-bond donors (Lipinski definition) is 2. The molecule has 0 saturated heterocycles. The van der Waals surface area contributed by atoms with Crippen molar-refractivity contribution >= 4 is 12.6 Å². The van der Waals surface area contributed by atoms with Crippen LogP contribution in [0.3, 0.4) is 0 Å². The van der Waals surface area contributed by atoms with E-state index in [1.54, 1.807) is 18.2 Å². The van der Waals surface area contributed by atoms with Crippen LogP contribution in [0, 0.1) is 0 Å². The van der Waals surface area contributed by atoms with Gasteiger partial charge in [-0.25, -0.2) is 0 Å². The molecule has 1 aromatic heterocycles. The van der Waals surface area contributed by atoms with Crippen molar-refractivity contribution in [2.45, 2.75) is 12.7 Å². The standard InChI is InChI=1S/C11H10BF3N2O2/c13-11(14,15)10-5-6-17(16-10)7-8-3-1-2-4-9(8)12(18)19/h1-6,18-19H,7H2. The highest BCUT2D eigenvalue weighted by Crippen LogP contribution is 2.27. The van der Waals surface area contributed by atoms with Gasteiger partial charge in [0.05, 0.1) is 6.54 Å². The first-order valence-corrected chi connectivity index (χ1v) is 5.42. The van der Waals surface area contributed by atoms with Crippen molar-refractivity contribution < 1.29 is 23.2 Å². The van der Waals surface area contributed by atoms with Gasteiger partial charge < -0.3 is 10.0 Å². The average molecular weight is 270 g/mol. The molecule has 0 fully saturated rings. The molecule has 0 aliphatic rings. The highest BCUT2D eigenvalue weighted by molar-refractivity contribution is 6.59. The maximum absolute atomic E-state index is 12.4. The molecule has 0 atom stereocenters. The Labute approximate surface area is 107 Å². The smallest absolute Gasteiger partial charge is 0.423 e. The SMILES string of the molecule is OB(O)c1ccccc1Cn1ccc(C(F)(F)F)n1. The summed E-state index contributed by atoms with van der Waals surface area (Å²) in [6, 6.07) is 7.24. The number of nitrogens with zero attached hydrogens (tertiary/aromatic N) is 2. The Morgan fingerprint density at radius 1 is 1.16 bits per heavy atom. The van der Waals surface area contributed by atoms with Crippen LogP contribution in [0.25, 0.3) is 0 Å². The van der Waals surface area contributed by atoms with Gasteiger partial charge in [-0.1, -0.05) is 24.3 Å². The molecular formula is C11H10BF3N2O2. The monoisotopic (exact) mass is 270 g/mol. The van der Waals surface area contributed by atoms with Crippen LogP contribution in [0.15, 0.2) is 36.5 Å². The lowest BCUT2D eigenvalue weighted by atomic mass is 9.77. The second kappa shape index (κ2) is 5.06. The van der Waals surface area contributed by atoms with Crippen molar-refractivity contribution in [3.63, 3.8) is 0 Å². The molecule has 0 radical (unpaired) electrons. The molecule has 1 aromatic carbocycles. The van der Waals surface area contributed by atoms with E-state index in [0.29, 0.717) is 5.56 Å². The van der Waals surface area contributed by atoms with E-state index in [4.69, 9.17) is 10.0 Å². The molecule has 0 unspecified atom stereocenters. The minimum absolute atomic E-state index is 0.0316. The number of aromatic nitrogens is 2. The molecule has 0 spiro atoms. The second-order valence-electron chi connectivity index (χ2n) is 3.97. The second-order valence-corrected chi connectivity index (χ2v) is 3.97. The zero-order valence-electron chi connectivity index (χ0n) is 9.67. The fourth-order valence-corrected chi connectivity index (χ4v) is 1.71. The van der Waals surface area contributed by atoms with Gasteiger partial charge in [-0.05, 0) is 17.1 Å². The molecule has 2 aromatic rings. The summed E-state index contributed by atoms with van der Waals surface area (Å²) in [6.07, 6.45) is -3.29. The number of rotatable bonds is 3. The lowest BCUT2D eigenvalue weighted by molar-refractivity contribution is -0.141. The van der Waals surface area contributed by atoms with Gasteiger partial charge >= 0.3 is 13.3 Å². The molecule has 0 bridgehead atoms. The Balaban J connectivity index is 2.25. The fraction of sp³-hybridized carbons (Fsp3) is 0.182. The Morgan fingerprint density at radius 3 is 2.42 bits per heavy atom. The van der Waals surface area contributed by atoms with Gasteiger partial charge in [-0.3, -0.25) is 4.68 Å². The summed E-state index contributed by atoms with van der Waals surface area (Å²) in [4.78, 5) is 0. The third kappa shape index (κ3) is 3.15. The van der Waals surface area contributed by atoms with Gasteiger partial charge in [0.25, 0.3) is 0 Å². The van der Waals surface area contributed by atoms with Gasteiger partial charge in [0.1, 0.15) is 0 Å². The predicted octanol–water partition coefficient (Wildman–Crippen LogP) is 0.630. The van der Waals surface area contributed by atoms with Gasteiger partial charge in [-0.2, -0.15) is 18.3 Å². The van der Waals surface area contributed by atoms with Crippen LogP contribution in [0.1, 0.15) is 11.3 Å². The van der Waals surface area contributed by atoms with Crippen LogP contribution in [-0.4, -0.2) is 26.9 Å². The predicted molar refractivity (Wildman–Crippen MR) is 62.6 cm³/mol. The number of halogens is 3. The summed E-state index contributed by atoms with van der Waals surface area (Å²) in [7, 11) is -1.67. The molecule has 0 aliphatic carbocycles. The Bertz CT molecular complexity index is 569. The van der Waals surface area contributed by atoms with E-state index in [1.165, 1.54) is 12.3 Å². The minimum atomic E-state index is -4.48. The van der Waals surface area contributed by atoms with E-state index in [0.717, 1.165) is 10.7 Å². The molecule has 2 N–H and O–H groups in total. The van der Waals surface area contributed by atoms with Crippen molar-refractivity contribution in [2.75, 3.05) is 0 Å². The van der Waals surface area contributed by atoms with Gasteiger partial charge in [-0.15, -0.1) is 0 Å². The maximum Gasteiger partial charge on any atom is 0.488 e. The first-order valence-electron chi connectivity index (χ1n) is 5.42. The van der Waals surface area contributed by atoms with Crippen molar-refractivity contribution in [3.8, 4) is 0 Å². The number of benzene rings is 1. The largest absolute Gasteiger partial charge is 0.488 e. The van der Waals surface area contributed by atoms with E-state index in [-0.39, 0.29) is 12.0 Å². The molecule has 8 heteroatoms. The van der Waals surface area contributed by atoms with E-state index < -0.39 is 19.0 Å². The van der Waals surface area contributed by atoms with Crippen LogP contribution in [0.5, 0.6) is 0 Å². The molecule has 19 heavy (non-hydrogen) atoms. The van der Waals surface area contributed by atoms with Crippen LogP contribution in [0.4, 0.5) is 13.2 Å². The van der Waals surface area contributed by atoms with E-state index in [9.17, 15) is 13.2 Å². The molecule has 0 amide bonds. The molecule has 1 heterocycles. The molecule has 4 nitrogen and oxygen atoms in total. The van der Waals surface area contributed by atoms with Crippen LogP contribution in [-0.2, 0) is 12.7 Å². The summed E-state index contributed by atoms with van der Waals surface area (Å²) in [5.74, 6) is 0. The fourth-order valence-electron chi connectivity index (χ4n) is 1.71. The van der Waals surface area contributed by atoms with E-state index >= 15 is 0 Å². The Hall–Kier alpha value is -1.80. The zero-order valence-corrected chi connectivity index (χ0v) is 9.67. The maximum atomic E-state index is 12.4. The quantitative estimate of drug-likeness (QED) is 0.804. The van der Waals surface area contributed by atoms with Gasteiger partial charge in [0, 0.05) is 6.20 Å². The van der Waals surface area contributed by atoms with Gasteiger partial charge in [0.2, 0.25) is 0 Å². The third-order valence-electron chi connectivity index (χ3n) is 2.60. The molecule has 100 valence electrons. The molecular weight excluding hydrogens is 260 g/mol. The third-order valence-corrected chi connectivity index (χ3v) is 2.60. The van der Waals surface area contributed by atoms with Crippen LogP contribution < -0.4 is 5.46 Å². The molecule has 2 rings (SSSR count). The Kier molecular flexibility index (Phi) is 3.63. The summed E-state index contributed by atoms with van der Waals surface area (Å²) in [5, 5.41) is 21.7. The molecule has 0 saturated carbocycles. The van der Waals surface area contributed by atoms with Crippen LogP contribution in [0.2, 0.25) is 0 Å². The molecule has 0 aliphatic heterocycles. The summed E-state index contributed by atoms with van der Waals surface area (Å²) in [5.41, 5.74) is -0.240. The normalized spacial score (nSPS) is 11.6. The van der Waals surface area contributed by atoms with Crippen molar-refractivity contribution in [3.05, 3.63) is 47.8 Å². The highest BCUT2D eigenvalue weighted by atomic mass is 19.4. The van der Waals surface area contributed by atoms with Crippen molar-refractivity contribution in [2.24, 2.45) is 0 Å². The first kappa shape index (κ1) is 13.6. The lowest BCUT2D eigenvalue weighted by Gasteiger charge is -2.08. The van der Waals surface area contributed by atoms with Crippen LogP contribution >= 0.6 is 0 Å². The Morgan fingerprint density at radius 2 is 1.84 bits per heavy atom. The van der Waals surface area contributed by atoms with E-state index in [2.05, 4.69) is 5.10 Å². The summed E-state index contributed by atoms with van der Waals surface area (Å²) >= 11 is 0. The van der Waals surface area contributed by atoms with Gasteiger partial charge in [0.15, 0.2) is 5.69 Å². The summed E-state index contributed by atoms with van der Waals surface area (Å²) < 4.78 is 38.3. The average Bonchev–Trinajstić information content (AvgIpc) is 2.77. The van der Waals surface area contributed by atoms with E-state index in [1.807, 2.05) is 0 Å². The summed E-state index contributed by atoms with van der Waals surface area (Å²) in [6.45, 7) is 0.0316. The lowest BCUT2D eigenvalue weighted by Crippen LogP contribution is -2.33. The number of hydrogen-bond acceptors (Lipinski definition) is 3. The van der Waals surface area contributed by atoms with Crippen molar-refractivity contribution in [1.29, 1.82) is 0 Å².